The number of rotatable bonds is 3. The van der Waals surface area contributed by atoms with Gasteiger partial charge >= 0.3 is 6.18 Å². The zero-order valence-corrected chi connectivity index (χ0v) is 8.59. The molecule has 0 aliphatic carbocycles. The van der Waals surface area contributed by atoms with Gasteiger partial charge in [-0.3, -0.25) is 0 Å². The smallest absolute Gasteiger partial charge is 0.324 e. The first-order valence-corrected chi connectivity index (χ1v) is 4.81. The van der Waals surface area contributed by atoms with Crippen LogP contribution < -0.4 is 5.73 Å². The third-order valence-corrected chi connectivity index (χ3v) is 2.24. The molecule has 0 fully saturated rings. The van der Waals surface area contributed by atoms with E-state index in [2.05, 4.69) is 5.92 Å². The summed E-state index contributed by atoms with van der Waals surface area (Å²) in [6.45, 7) is 0. The maximum Gasteiger partial charge on any atom is 0.416 e. The van der Waals surface area contributed by atoms with Gasteiger partial charge in [-0.2, -0.15) is 13.2 Å². The van der Waals surface area contributed by atoms with E-state index in [1.54, 1.807) is 6.07 Å². The molecular formula is C12H12F3N. The van der Waals surface area contributed by atoms with Gasteiger partial charge in [-0.05, 0) is 24.1 Å². The molecule has 1 nitrogen and oxygen atoms in total. The van der Waals surface area contributed by atoms with Gasteiger partial charge in [-0.15, -0.1) is 12.3 Å². The van der Waals surface area contributed by atoms with E-state index in [-0.39, 0.29) is 0 Å². The van der Waals surface area contributed by atoms with Crippen molar-refractivity contribution >= 4 is 0 Å². The maximum atomic E-state index is 12.4. The van der Waals surface area contributed by atoms with E-state index in [1.807, 2.05) is 0 Å². The van der Waals surface area contributed by atoms with Gasteiger partial charge in [0.05, 0.1) is 5.56 Å². The zero-order chi connectivity index (χ0) is 12.2. The maximum absolute atomic E-state index is 12.4. The van der Waals surface area contributed by atoms with Gasteiger partial charge in [-0.25, -0.2) is 0 Å². The summed E-state index contributed by atoms with van der Waals surface area (Å²) >= 11 is 0. The van der Waals surface area contributed by atoms with Crippen molar-refractivity contribution in [1.29, 1.82) is 0 Å². The standard InChI is InChI=1S/C12H12F3N/c1-2-3-7-11(16)9-5-4-6-10(8-9)12(13,14)15/h1,4-6,8,11H,3,7,16H2. The van der Waals surface area contributed by atoms with Crippen molar-refractivity contribution in [3.63, 3.8) is 0 Å². The summed E-state index contributed by atoms with van der Waals surface area (Å²) in [4.78, 5) is 0. The van der Waals surface area contributed by atoms with Crippen molar-refractivity contribution in [2.45, 2.75) is 25.1 Å². The van der Waals surface area contributed by atoms with Crippen molar-refractivity contribution in [3.8, 4) is 12.3 Å². The minimum absolute atomic E-state index is 0.446. The van der Waals surface area contributed by atoms with E-state index in [0.29, 0.717) is 18.4 Å². The van der Waals surface area contributed by atoms with E-state index >= 15 is 0 Å². The highest BCUT2D eigenvalue weighted by molar-refractivity contribution is 5.27. The second-order valence-corrected chi connectivity index (χ2v) is 3.47. The molecule has 1 aromatic rings. The predicted molar refractivity (Wildman–Crippen MR) is 56.4 cm³/mol. The normalized spacial score (nSPS) is 13.2. The Balaban J connectivity index is 2.87. The molecule has 0 heterocycles. The number of hydrogen-bond donors (Lipinski definition) is 1. The summed E-state index contributed by atoms with van der Waals surface area (Å²) in [6, 6.07) is 4.58. The third kappa shape index (κ3) is 3.28. The number of benzene rings is 1. The van der Waals surface area contributed by atoms with Crippen LogP contribution in [0, 0.1) is 12.3 Å². The summed E-state index contributed by atoms with van der Waals surface area (Å²) in [6.07, 6.45) is 1.68. The summed E-state index contributed by atoms with van der Waals surface area (Å²) in [7, 11) is 0. The quantitative estimate of drug-likeness (QED) is 0.789. The van der Waals surface area contributed by atoms with Gasteiger partial charge in [-0.1, -0.05) is 12.1 Å². The molecule has 0 aliphatic rings. The Kier molecular flexibility index (Phi) is 3.97. The number of alkyl halides is 3. The Hall–Kier alpha value is -1.47. The second-order valence-electron chi connectivity index (χ2n) is 3.47. The van der Waals surface area contributed by atoms with Crippen molar-refractivity contribution in [3.05, 3.63) is 35.4 Å². The molecule has 0 aliphatic heterocycles. The highest BCUT2D eigenvalue weighted by atomic mass is 19.4. The number of hydrogen-bond acceptors (Lipinski definition) is 1. The Labute approximate surface area is 92.5 Å². The van der Waals surface area contributed by atoms with Crippen molar-refractivity contribution in [1.82, 2.24) is 0 Å². The molecule has 86 valence electrons. The second kappa shape index (κ2) is 5.04. The molecule has 0 aromatic heterocycles. The first kappa shape index (κ1) is 12.6. The molecule has 16 heavy (non-hydrogen) atoms. The average molecular weight is 227 g/mol. The van der Waals surface area contributed by atoms with E-state index in [0.717, 1.165) is 12.1 Å². The van der Waals surface area contributed by atoms with Gasteiger partial charge in [0.1, 0.15) is 0 Å². The van der Waals surface area contributed by atoms with Crippen LogP contribution in [0.15, 0.2) is 24.3 Å². The van der Waals surface area contributed by atoms with Crippen molar-refractivity contribution in [2.75, 3.05) is 0 Å². The largest absolute Gasteiger partial charge is 0.416 e. The molecule has 4 heteroatoms. The first-order chi connectivity index (χ1) is 7.45. The summed E-state index contributed by atoms with van der Waals surface area (Å²) in [5, 5.41) is 0. The van der Waals surface area contributed by atoms with Crippen LogP contribution in [0.1, 0.15) is 30.0 Å². The first-order valence-electron chi connectivity index (χ1n) is 4.81. The highest BCUT2D eigenvalue weighted by Crippen LogP contribution is 2.30. The monoisotopic (exact) mass is 227 g/mol. The topological polar surface area (TPSA) is 26.0 Å². The van der Waals surface area contributed by atoms with E-state index in [9.17, 15) is 13.2 Å². The van der Waals surface area contributed by atoms with Gasteiger partial charge in [0.15, 0.2) is 0 Å². The fraction of sp³-hybridized carbons (Fsp3) is 0.333. The van der Waals surface area contributed by atoms with E-state index < -0.39 is 17.8 Å². The summed E-state index contributed by atoms with van der Waals surface area (Å²) in [5.74, 6) is 2.41. The molecule has 0 radical (unpaired) electrons. The summed E-state index contributed by atoms with van der Waals surface area (Å²) in [5.41, 5.74) is 5.51. The molecule has 0 saturated carbocycles. The lowest BCUT2D eigenvalue weighted by molar-refractivity contribution is -0.137. The molecule has 0 spiro atoms. The van der Waals surface area contributed by atoms with Gasteiger partial charge in [0, 0.05) is 12.5 Å². The number of terminal acetylenes is 1. The van der Waals surface area contributed by atoms with Crippen LogP contribution in [-0.2, 0) is 6.18 Å². The molecular weight excluding hydrogens is 215 g/mol. The van der Waals surface area contributed by atoms with Crippen LogP contribution >= 0.6 is 0 Å². The lowest BCUT2D eigenvalue weighted by atomic mass is 10.0. The zero-order valence-electron chi connectivity index (χ0n) is 8.59. The molecule has 1 unspecified atom stereocenters. The Bertz CT molecular complexity index is 390. The number of halogens is 3. The molecule has 0 bridgehead atoms. The molecule has 1 rings (SSSR count). The molecule has 1 aromatic carbocycles. The van der Waals surface area contributed by atoms with Gasteiger partial charge in [0.25, 0.3) is 0 Å². The van der Waals surface area contributed by atoms with E-state index in [1.165, 1.54) is 6.07 Å². The minimum atomic E-state index is -4.33. The van der Waals surface area contributed by atoms with Crippen LogP contribution in [0.3, 0.4) is 0 Å². The number of nitrogens with two attached hydrogens (primary N) is 1. The average Bonchev–Trinajstić information content (AvgIpc) is 2.25. The Morgan fingerprint density at radius 2 is 2.06 bits per heavy atom. The van der Waals surface area contributed by atoms with Gasteiger partial charge < -0.3 is 5.73 Å². The van der Waals surface area contributed by atoms with Crippen molar-refractivity contribution in [2.24, 2.45) is 5.73 Å². The van der Waals surface area contributed by atoms with Crippen LogP contribution in [0.4, 0.5) is 13.2 Å². The minimum Gasteiger partial charge on any atom is -0.324 e. The predicted octanol–water partition coefficient (Wildman–Crippen LogP) is 3.12. The Morgan fingerprint density at radius 3 is 2.62 bits per heavy atom. The lowest BCUT2D eigenvalue weighted by Crippen LogP contribution is -2.12. The third-order valence-electron chi connectivity index (χ3n) is 2.24. The lowest BCUT2D eigenvalue weighted by Gasteiger charge is -2.13. The fourth-order valence-corrected chi connectivity index (χ4v) is 1.35. The van der Waals surface area contributed by atoms with E-state index in [4.69, 9.17) is 12.2 Å². The molecule has 0 saturated heterocycles. The van der Waals surface area contributed by atoms with Crippen LogP contribution in [0.2, 0.25) is 0 Å². The van der Waals surface area contributed by atoms with Crippen molar-refractivity contribution < 1.29 is 13.2 Å². The van der Waals surface area contributed by atoms with Crippen LogP contribution in [0.5, 0.6) is 0 Å². The van der Waals surface area contributed by atoms with Crippen LogP contribution in [-0.4, -0.2) is 0 Å². The molecule has 0 amide bonds. The van der Waals surface area contributed by atoms with Gasteiger partial charge in [0.2, 0.25) is 0 Å². The molecule has 1 atom stereocenters. The Morgan fingerprint density at radius 1 is 1.38 bits per heavy atom. The van der Waals surface area contributed by atoms with Crippen LogP contribution in [0.25, 0.3) is 0 Å². The SMILES string of the molecule is C#CCCC(N)c1cccc(C(F)(F)F)c1. The highest BCUT2D eigenvalue weighted by Gasteiger charge is 2.30. The molecule has 2 N–H and O–H groups in total. The summed E-state index contributed by atoms with van der Waals surface area (Å²) < 4.78 is 37.2. The fourth-order valence-electron chi connectivity index (χ4n) is 1.35.